The highest BCUT2D eigenvalue weighted by atomic mass is 16.6. The highest BCUT2D eigenvalue weighted by Crippen LogP contribution is 2.21. The highest BCUT2D eigenvalue weighted by molar-refractivity contribution is 4.64. The molecular weight excluding hydrogens is 116 g/mol. The van der Waals surface area contributed by atoms with Gasteiger partial charge in [-0.05, 0) is 19.3 Å². The molecule has 1 heterocycles. The Labute approximate surface area is 55.8 Å². The Hall–Kier alpha value is -0.0800. The summed E-state index contributed by atoms with van der Waals surface area (Å²) >= 11 is 0. The first-order chi connectivity index (χ1) is 4.34. The van der Waals surface area contributed by atoms with Gasteiger partial charge in [0.15, 0.2) is 6.29 Å². The summed E-state index contributed by atoms with van der Waals surface area (Å²) in [7, 11) is 0. The van der Waals surface area contributed by atoms with Crippen LogP contribution in [-0.2, 0) is 4.74 Å². The largest absolute Gasteiger partial charge is 0.368 e. The fourth-order valence-electron chi connectivity index (χ4n) is 1.23. The quantitative estimate of drug-likeness (QED) is 0.576. The molecule has 2 heteroatoms. The predicted octanol–water partition coefficient (Wildman–Crippen LogP) is 1.14. The third kappa shape index (κ3) is 1.66. The van der Waals surface area contributed by atoms with Crippen molar-refractivity contribution in [3.63, 3.8) is 0 Å². The normalized spacial score (nSPS) is 36.7. The van der Waals surface area contributed by atoms with Gasteiger partial charge in [-0.25, -0.2) is 0 Å². The average Bonchev–Trinajstić information content (AvgIpc) is 1.89. The van der Waals surface area contributed by atoms with E-state index in [2.05, 4.69) is 6.92 Å². The second-order valence-electron chi connectivity index (χ2n) is 2.57. The molecule has 0 aromatic rings. The van der Waals surface area contributed by atoms with E-state index in [9.17, 15) is 0 Å². The summed E-state index contributed by atoms with van der Waals surface area (Å²) in [6, 6.07) is 0. The van der Waals surface area contributed by atoms with Crippen molar-refractivity contribution < 1.29 is 9.84 Å². The molecule has 1 rings (SSSR count). The van der Waals surface area contributed by atoms with Crippen LogP contribution < -0.4 is 0 Å². The van der Waals surface area contributed by atoms with Gasteiger partial charge in [0.05, 0.1) is 0 Å². The summed E-state index contributed by atoms with van der Waals surface area (Å²) in [6.45, 7) is 2.82. The SMILES string of the molecule is CC[C@H]1CCCO[C@H]1O. The zero-order chi connectivity index (χ0) is 6.69. The number of aliphatic hydroxyl groups is 1. The minimum Gasteiger partial charge on any atom is -0.368 e. The van der Waals surface area contributed by atoms with Crippen molar-refractivity contribution in [2.75, 3.05) is 6.61 Å². The Kier molecular flexibility index (Phi) is 2.49. The maximum absolute atomic E-state index is 9.15. The molecule has 0 saturated carbocycles. The molecule has 1 aliphatic rings. The molecule has 0 radical (unpaired) electrons. The Morgan fingerprint density at radius 3 is 2.89 bits per heavy atom. The van der Waals surface area contributed by atoms with E-state index < -0.39 is 6.29 Å². The van der Waals surface area contributed by atoms with Crippen LogP contribution in [0.3, 0.4) is 0 Å². The van der Waals surface area contributed by atoms with Crippen LogP contribution in [0.2, 0.25) is 0 Å². The van der Waals surface area contributed by atoms with Crippen LogP contribution >= 0.6 is 0 Å². The van der Waals surface area contributed by atoms with Crippen molar-refractivity contribution in [3.8, 4) is 0 Å². The van der Waals surface area contributed by atoms with Crippen LogP contribution in [0.25, 0.3) is 0 Å². The Morgan fingerprint density at radius 2 is 2.44 bits per heavy atom. The minimum absolute atomic E-state index is 0.388. The van der Waals surface area contributed by atoms with E-state index in [1.54, 1.807) is 0 Å². The van der Waals surface area contributed by atoms with Crippen LogP contribution in [0.5, 0.6) is 0 Å². The van der Waals surface area contributed by atoms with Crippen LogP contribution in [0.4, 0.5) is 0 Å². The molecule has 1 fully saturated rings. The number of aliphatic hydroxyl groups excluding tert-OH is 1. The van der Waals surface area contributed by atoms with Gasteiger partial charge in [0.2, 0.25) is 0 Å². The lowest BCUT2D eigenvalue weighted by molar-refractivity contribution is -0.158. The van der Waals surface area contributed by atoms with Crippen LogP contribution in [0, 0.1) is 5.92 Å². The maximum Gasteiger partial charge on any atom is 0.157 e. The Balaban J connectivity index is 2.30. The van der Waals surface area contributed by atoms with Crippen molar-refractivity contribution >= 4 is 0 Å². The minimum atomic E-state index is -0.483. The second kappa shape index (κ2) is 3.18. The standard InChI is InChI=1S/C7H14O2/c1-2-6-4-3-5-9-7(6)8/h6-8H,2-5H2,1H3/t6-,7+/m0/s1. The van der Waals surface area contributed by atoms with Gasteiger partial charge < -0.3 is 9.84 Å². The van der Waals surface area contributed by atoms with Gasteiger partial charge in [-0.3, -0.25) is 0 Å². The van der Waals surface area contributed by atoms with E-state index in [0.717, 1.165) is 25.9 Å². The molecule has 0 bridgehead atoms. The van der Waals surface area contributed by atoms with Gasteiger partial charge >= 0.3 is 0 Å². The fraction of sp³-hybridized carbons (Fsp3) is 1.00. The van der Waals surface area contributed by atoms with Crippen molar-refractivity contribution in [3.05, 3.63) is 0 Å². The van der Waals surface area contributed by atoms with Crippen molar-refractivity contribution in [2.24, 2.45) is 5.92 Å². The molecule has 1 N–H and O–H groups in total. The summed E-state index contributed by atoms with van der Waals surface area (Å²) in [6.07, 6.45) is 2.78. The zero-order valence-electron chi connectivity index (χ0n) is 5.84. The monoisotopic (exact) mass is 130 g/mol. The molecule has 1 aliphatic heterocycles. The molecule has 54 valence electrons. The molecule has 9 heavy (non-hydrogen) atoms. The molecule has 2 nitrogen and oxygen atoms in total. The van der Waals surface area contributed by atoms with Crippen molar-refractivity contribution in [2.45, 2.75) is 32.5 Å². The van der Waals surface area contributed by atoms with Crippen LogP contribution in [0.1, 0.15) is 26.2 Å². The fourth-order valence-corrected chi connectivity index (χ4v) is 1.23. The van der Waals surface area contributed by atoms with Crippen molar-refractivity contribution in [1.82, 2.24) is 0 Å². The van der Waals surface area contributed by atoms with E-state index in [1.807, 2.05) is 0 Å². The third-order valence-electron chi connectivity index (χ3n) is 1.94. The summed E-state index contributed by atoms with van der Waals surface area (Å²) in [5.74, 6) is 0.388. The molecule has 0 aromatic carbocycles. The molecule has 0 aromatic heterocycles. The van der Waals surface area contributed by atoms with E-state index in [0.29, 0.717) is 5.92 Å². The van der Waals surface area contributed by atoms with E-state index in [4.69, 9.17) is 9.84 Å². The molecule has 0 amide bonds. The summed E-state index contributed by atoms with van der Waals surface area (Å²) < 4.78 is 5.04. The lowest BCUT2D eigenvalue weighted by Crippen LogP contribution is -2.28. The first-order valence-corrected chi connectivity index (χ1v) is 3.64. The lowest BCUT2D eigenvalue weighted by Gasteiger charge is -2.26. The van der Waals surface area contributed by atoms with Gasteiger partial charge in [0.25, 0.3) is 0 Å². The lowest BCUT2D eigenvalue weighted by atomic mass is 9.98. The van der Waals surface area contributed by atoms with Gasteiger partial charge in [0.1, 0.15) is 0 Å². The smallest absolute Gasteiger partial charge is 0.157 e. The van der Waals surface area contributed by atoms with Gasteiger partial charge in [-0.15, -0.1) is 0 Å². The number of hydrogen-bond donors (Lipinski definition) is 1. The Bertz CT molecular complexity index is 83.0. The van der Waals surface area contributed by atoms with Crippen molar-refractivity contribution in [1.29, 1.82) is 0 Å². The summed E-state index contributed by atoms with van der Waals surface area (Å²) in [4.78, 5) is 0. The number of rotatable bonds is 1. The van der Waals surface area contributed by atoms with E-state index in [1.165, 1.54) is 0 Å². The molecule has 2 atom stereocenters. The first kappa shape index (κ1) is 7.03. The zero-order valence-corrected chi connectivity index (χ0v) is 5.84. The van der Waals surface area contributed by atoms with Gasteiger partial charge in [0, 0.05) is 12.5 Å². The predicted molar refractivity (Wildman–Crippen MR) is 35.0 cm³/mol. The van der Waals surface area contributed by atoms with Crippen LogP contribution in [0.15, 0.2) is 0 Å². The molecule has 0 aliphatic carbocycles. The average molecular weight is 130 g/mol. The van der Waals surface area contributed by atoms with Gasteiger partial charge in [-0.1, -0.05) is 6.92 Å². The van der Waals surface area contributed by atoms with Gasteiger partial charge in [-0.2, -0.15) is 0 Å². The van der Waals surface area contributed by atoms with Crippen LogP contribution in [-0.4, -0.2) is 18.0 Å². The number of ether oxygens (including phenoxy) is 1. The first-order valence-electron chi connectivity index (χ1n) is 3.64. The third-order valence-corrected chi connectivity index (χ3v) is 1.94. The molecule has 1 saturated heterocycles. The summed E-state index contributed by atoms with van der Waals surface area (Å²) in [5.41, 5.74) is 0. The molecule has 0 spiro atoms. The topological polar surface area (TPSA) is 29.5 Å². The van der Waals surface area contributed by atoms with E-state index in [-0.39, 0.29) is 0 Å². The van der Waals surface area contributed by atoms with E-state index >= 15 is 0 Å². The second-order valence-corrected chi connectivity index (χ2v) is 2.57. The maximum atomic E-state index is 9.15. The highest BCUT2D eigenvalue weighted by Gasteiger charge is 2.21. The number of hydrogen-bond acceptors (Lipinski definition) is 2. The Morgan fingerprint density at radius 1 is 1.67 bits per heavy atom. The summed E-state index contributed by atoms with van der Waals surface area (Å²) in [5, 5.41) is 9.15. The molecule has 0 unspecified atom stereocenters. The molecular formula is C7H14O2.